The number of hydrogen-bond acceptors (Lipinski definition) is 6. The van der Waals surface area contributed by atoms with Gasteiger partial charge in [-0.2, -0.15) is 0 Å². The molecule has 1 fully saturated rings. The van der Waals surface area contributed by atoms with Crippen molar-refractivity contribution in [2.24, 2.45) is 10.9 Å². The first-order valence-electron chi connectivity index (χ1n) is 10.7. The van der Waals surface area contributed by atoms with Gasteiger partial charge in [-0.15, -0.1) is 0 Å². The van der Waals surface area contributed by atoms with Crippen molar-refractivity contribution in [3.05, 3.63) is 54.1 Å². The number of nitrogens with one attached hydrogen (secondary N) is 2. The number of carbonyl (C=O) groups is 1. The molecule has 2 aliphatic rings. The number of benzene rings is 2. The first kappa shape index (κ1) is 23.2. The molecule has 1 amide bonds. The Hall–Kier alpha value is -2.92. The molecule has 2 atom stereocenters. The number of nitrogens with zero attached hydrogens (tertiary/aromatic N) is 2. The monoisotopic (exact) mass is 490 g/mol. The summed E-state index contributed by atoms with van der Waals surface area (Å²) >= 11 is 0. The van der Waals surface area contributed by atoms with Crippen molar-refractivity contribution < 1.29 is 21.6 Å². The summed E-state index contributed by atoms with van der Waals surface area (Å²) in [4.78, 5) is 17.8. The van der Waals surface area contributed by atoms with Gasteiger partial charge in [0.05, 0.1) is 16.3 Å². The van der Waals surface area contributed by atoms with Gasteiger partial charge in [0.1, 0.15) is 11.9 Å². The number of amides is 1. The van der Waals surface area contributed by atoms with E-state index in [1.807, 2.05) is 13.8 Å². The zero-order valence-corrected chi connectivity index (χ0v) is 20.0. The summed E-state index contributed by atoms with van der Waals surface area (Å²) in [6, 6.07) is 12.3. The van der Waals surface area contributed by atoms with E-state index in [9.17, 15) is 21.6 Å². The van der Waals surface area contributed by atoms with Crippen molar-refractivity contribution in [2.45, 2.75) is 37.6 Å². The van der Waals surface area contributed by atoms with Crippen molar-refractivity contribution >= 4 is 43.2 Å². The highest BCUT2D eigenvalue weighted by Gasteiger charge is 2.33. The highest BCUT2D eigenvalue weighted by atomic mass is 32.2. The predicted octanol–water partition coefficient (Wildman–Crippen LogP) is 2.32. The topological polar surface area (TPSA) is 125 Å². The van der Waals surface area contributed by atoms with E-state index in [0.29, 0.717) is 36.3 Å². The van der Waals surface area contributed by atoms with Crippen LogP contribution in [-0.2, 0) is 24.8 Å². The molecule has 0 unspecified atom stereocenters. The van der Waals surface area contributed by atoms with Gasteiger partial charge >= 0.3 is 0 Å². The average molecular weight is 491 g/mol. The quantitative estimate of drug-likeness (QED) is 0.643. The molecule has 0 radical (unpaired) electrons. The largest absolute Gasteiger partial charge is 0.324 e. The first-order valence-corrected chi connectivity index (χ1v) is 13.8. The second-order valence-corrected chi connectivity index (χ2v) is 11.9. The lowest BCUT2D eigenvalue weighted by atomic mass is 9.98. The summed E-state index contributed by atoms with van der Waals surface area (Å²) in [6.07, 6.45) is 1.25. The number of carbonyl (C=O) groups excluding carboxylic acids is 1. The molecule has 0 spiro atoms. The second-order valence-electron chi connectivity index (χ2n) is 8.19. The average Bonchev–Trinajstić information content (AvgIpc) is 3.27. The number of sulfonamides is 2. The summed E-state index contributed by atoms with van der Waals surface area (Å²) in [5, 5.41) is 2.82. The van der Waals surface area contributed by atoms with Gasteiger partial charge in [0.15, 0.2) is 0 Å². The fourth-order valence-electron chi connectivity index (χ4n) is 3.89. The van der Waals surface area contributed by atoms with Crippen molar-refractivity contribution in [3.63, 3.8) is 0 Å². The minimum absolute atomic E-state index is 0.134. The second kappa shape index (κ2) is 8.79. The van der Waals surface area contributed by atoms with E-state index in [0.717, 1.165) is 0 Å². The maximum Gasteiger partial charge on any atom is 0.263 e. The maximum atomic E-state index is 13.1. The summed E-state index contributed by atoms with van der Waals surface area (Å²) in [7, 11) is -6.99. The Balaban J connectivity index is 1.57. The van der Waals surface area contributed by atoms with Crippen LogP contribution in [0.3, 0.4) is 0 Å². The molecule has 2 heterocycles. The lowest BCUT2D eigenvalue weighted by Crippen LogP contribution is -2.34. The molecule has 0 aliphatic carbocycles. The van der Waals surface area contributed by atoms with E-state index in [2.05, 4.69) is 15.0 Å². The molecule has 0 bridgehead atoms. The van der Waals surface area contributed by atoms with Crippen LogP contribution in [0, 0.1) is 5.92 Å². The van der Waals surface area contributed by atoms with Crippen LogP contribution in [0.1, 0.15) is 32.3 Å². The highest BCUT2D eigenvalue weighted by molar-refractivity contribution is 7.93. The third-order valence-electron chi connectivity index (χ3n) is 5.90. The fourth-order valence-corrected chi connectivity index (χ4v) is 6.70. The zero-order chi connectivity index (χ0) is 23.8. The Morgan fingerprint density at radius 1 is 1.12 bits per heavy atom. The molecule has 9 nitrogen and oxygen atoms in total. The van der Waals surface area contributed by atoms with Gasteiger partial charge in [0.2, 0.25) is 15.9 Å². The first-order chi connectivity index (χ1) is 15.6. The molecule has 2 aromatic carbocycles. The lowest BCUT2D eigenvalue weighted by Gasteiger charge is -2.20. The molecular weight excluding hydrogens is 464 g/mol. The molecule has 1 saturated heterocycles. The molecule has 176 valence electrons. The van der Waals surface area contributed by atoms with Crippen LogP contribution in [0.15, 0.2) is 58.4 Å². The van der Waals surface area contributed by atoms with Gasteiger partial charge < -0.3 is 5.32 Å². The molecule has 0 aromatic heterocycles. The molecule has 2 aromatic rings. The smallest absolute Gasteiger partial charge is 0.263 e. The van der Waals surface area contributed by atoms with Crippen LogP contribution in [0.4, 0.5) is 11.4 Å². The lowest BCUT2D eigenvalue weighted by molar-refractivity contribution is -0.118. The van der Waals surface area contributed by atoms with Crippen LogP contribution in [-0.4, -0.2) is 46.9 Å². The van der Waals surface area contributed by atoms with Crippen molar-refractivity contribution in [2.75, 3.05) is 21.9 Å². The van der Waals surface area contributed by atoms with E-state index in [1.54, 1.807) is 42.5 Å². The molecule has 11 heteroatoms. The van der Waals surface area contributed by atoms with E-state index in [4.69, 9.17) is 0 Å². The number of aliphatic imine (C=N–C) groups is 1. The van der Waals surface area contributed by atoms with Crippen molar-refractivity contribution in [1.82, 2.24) is 4.72 Å². The number of anilines is 2. The Morgan fingerprint density at radius 3 is 2.45 bits per heavy atom. The van der Waals surface area contributed by atoms with Gasteiger partial charge in [-0.25, -0.2) is 16.8 Å². The van der Waals surface area contributed by atoms with Crippen LogP contribution >= 0.6 is 0 Å². The minimum Gasteiger partial charge on any atom is -0.324 e. The normalized spacial score (nSPS) is 21.3. The molecule has 33 heavy (non-hydrogen) atoms. The van der Waals surface area contributed by atoms with Crippen molar-refractivity contribution in [1.29, 1.82) is 0 Å². The van der Waals surface area contributed by atoms with Gasteiger partial charge in [0.25, 0.3) is 10.0 Å². The molecule has 0 saturated carbocycles. The Morgan fingerprint density at radius 2 is 1.82 bits per heavy atom. The number of rotatable bonds is 6. The minimum atomic E-state index is -3.71. The van der Waals surface area contributed by atoms with Gasteiger partial charge in [-0.05, 0) is 48.7 Å². The standard InChI is InChI=1S/C22H26N4O5S2/c1-3-15(2)20(24-21-18-7-4-5-8-19(18)33(30,31)25-21)22(27)23-16-9-11-17(12-10-16)26-13-6-14-32(26,28)29/h4-5,7-12,15,20H,3,6,13-14H2,1-2H3,(H,23,27)(H,24,25)/t15-,20-/m0/s1. The molecule has 2 N–H and O–H groups in total. The number of amidine groups is 1. The van der Waals surface area contributed by atoms with Crippen LogP contribution < -0.4 is 14.3 Å². The summed E-state index contributed by atoms with van der Waals surface area (Å²) in [5.74, 6) is -0.235. The molecule has 4 rings (SSSR count). The third-order valence-corrected chi connectivity index (χ3v) is 9.17. The van der Waals surface area contributed by atoms with Gasteiger partial charge in [0, 0.05) is 17.8 Å². The van der Waals surface area contributed by atoms with Crippen LogP contribution in [0.5, 0.6) is 0 Å². The third kappa shape index (κ3) is 4.60. The fraction of sp³-hybridized carbons (Fsp3) is 0.364. The van der Waals surface area contributed by atoms with Gasteiger partial charge in [-0.1, -0.05) is 32.4 Å². The SMILES string of the molecule is CC[C@H](C)[C@H](N=C1NS(=O)(=O)c2ccccc21)C(=O)Nc1ccc(N2CCCS2(=O)=O)cc1. The molecule has 2 aliphatic heterocycles. The Kier molecular flexibility index (Phi) is 6.19. The zero-order valence-electron chi connectivity index (χ0n) is 18.4. The predicted molar refractivity (Wildman–Crippen MR) is 127 cm³/mol. The number of fused-ring (bicyclic) bond motifs is 1. The maximum absolute atomic E-state index is 13.1. The van der Waals surface area contributed by atoms with E-state index in [1.165, 1.54) is 10.4 Å². The summed E-state index contributed by atoms with van der Waals surface area (Å²) in [6.45, 7) is 4.26. The summed E-state index contributed by atoms with van der Waals surface area (Å²) < 4.78 is 52.8. The van der Waals surface area contributed by atoms with E-state index < -0.39 is 26.1 Å². The molecular formula is C22H26N4O5S2. The van der Waals surface area contributed by atoms with E-state index >= 15 is 0 Å². The number of hydrogen-bond donors (Lipinski definition) is 2. The Bertz CT molecular complexity index is 1300. The van der Waals surface area contributed by atoms with E-state index in [-0.39, 0.29) is 28.3 Å². The summed E-state index contributed by atoms with van der Waals surface area (Å²) in [5.41, 5.74) is 1.50. The Labute approximate surface area is 194 Å². The van der Waals surface area contributed by atoms with Crippen molar-refractivity contribution in [3.8, 4) is 0 Å². The van der Waals surface area contributed by atoms with Gasteiger partial charge in [-0.3, -0.25) is 18.8 Å². The highest BCUT2D eigenvalue weighted by Crippen LogP contribution is 2.27. The van der Waals surface area contributed by atoms with Crippen LogP contribution in [0.25, 0.3) is 0 Å². The van der Waals surface area contributed by atoms with Crippen LogP contribution in [0.2, 0.25) is 0 Å².